The zero-order valence-electron chi connectivity index (χ0n) is 4.62. The van der Waals surface area contributed by atoms with Crippen LogP contribution in [-0.4, -0.2) is 14.7 Å². The normalized spacial score (nSPS) is 8.20. The summed E-state index contributed by atoms with van der Waals surface area (Å²) in [4.78, 5) is 10.6. The zero-order chi connectivity index (χ0) is 8.15. The standard InChI is InChI=1S/C3H4N2OS4/c6-1(4-2(7)8)5-3(9)10/h(H4,4,5,6,7,8,9,10). The van der Waals surface area contributed by atoms with Gasteiger partial charge in [0.25, 0.3) is 0 Å². The highest BCUT2D eigenvalue weighted by molar-refractivity contribution is 8.11. The largest absolute Gasteiger partial charge is 0.325 e. The fourth-order valence-corrected chi connectivity index (χ4v) is 0.614. The molecule has 0 aliphatic rings. The molecular formula is C3H4N2OS4. The lowest BCUT2D eigenvalue weighted by molar-refractivity contribution is 0.250. The molecule has 0 aromatic rings. The van der Waals surface area contributed by atoms with Crippen molar-refractivity contribution >= 4 is 64.4 Å². The van der Waals surface area contributed by atoms with Crippen molar-refractivity contribution in [3.63, 3.8) is 0 Å². The van der Waals surface area contributed by atoms with E-state index >= 15 is 0 Å². The average Bonchev–Trinajstić information content (AvgIpc) is 1.58. The second-order valence-corrected chi connectivity index (χ2v) is 3.51. The van der Waals surface area contributed by atoms with Crippen molar-refractivity contribution in [1.29, 1.82) is 0 Å². The van der Waals surface area contributed by atoms with Gasteiger partial charge in [0.15, 0.2) is 0 Å². The summed E-state index contributed by atoms with van der Waals surface area (Å²) in [7, 11) is 0. The van der Waals surface area contributed by atoms with Gasteiger partial charge in [-0.2, -0.15) is 0 Å². The molecule has 0 saturated carbocycles. The number of hydrogen-bond acceptors (Lipinski definition) is 3. The highest BCUT2D eigenvalue weighted by Gasteiger charge is 1.99. The van der Waals surface area contributed by atoms with E-state index < -0.39 is 6.03 Å². The Kier molecular flexibility index (Phi) is 4.96. The fraction of sp³-hybridized carbons (Fsp3) is 0. The molecule has 0 rings (SSSR count). The van der Waals surface area contributed by atoms with Crippen LogP contribution in [-0.2, 0) is 0 Å². The number of thiol groups is 2. The van der Waals surface area contributed by atoms with Crippen LogP contribution in [0.1, 0.15) is 0 Å². The van der Waals surface area contributed by atoms with E-state index in [-0.39, 0.29) is 8.64 Å². The van der Waals surface area contributed by atoms with Gasteiger partial charge >= 0.3 is 6.03 Å². The predicted molar refractivity (Wildman–Crippen MR) is 54.8 cm³/mol. The topological polar surface area (TPSA) is 41.1 Å². The van der Waals surface area contributed by atoms with E-state index in [1.54, 1.807) is 0 Å². The predicted octanol–water partition coefficient (Wildman–Crippen LogP) is 0.715. The van der Waals surface area contributed by atoms with Crippen LogP contribution in [0, 0.1) is 0 Å². The van der Waals surface area contributed by atoms with E-state index in [4.69, 9.17) is 0 Å². The van der Waals surface area contributed by atoms with Gasteiger partial charge in [0.1, 0.15) is 8.64 Å². The van der Waals surface area contributed by atoms with Gasteiger partial charge in [-0.1, -0.05) is 24.4 Å². The number of hydrogen-bond donors (Lipinski definition) is 4. The molecule has 0 heterocycles. The van der Waals surface area contributed by atoms with Gasteiger partial charge in [0.05, 0.1) is 0 Å². The molecule has 0 atom stereocenters. The summed E-state index contributed by atoms with van der Waals surface area (Å²) < 4.78 is 0.171. The smallest absolute Gasteiger partial charge is 0.293 e. The first-order valence-corrected chi connectivity index (χ1v) is 3.77. The number of urea groups is 1. The van der Waals surface area contributed by atoms with Crippen LogP contribution in [0.25, 0.3) is 0 Å². The third-order valence-electron chi connectivity index (χ3n) is 0.441. The molecule has 0 aliphatic carbocycles. The van der Waals surface area contributed by atoms with E-state index in [0.717, 1.165) is 0 Å². The summed E-state index contributed by atoms with van der Waals surface area (Å²) in [6.45, 7) is 0. The Morgan fingerprint density at radius 3 is 1.60 bits per heavy atom. The molecule has 56 valence electrons. The van der Waals surface area contributed by atoms with Gasteiger partial charge in [0, 0.05) is 0 Å². The molecule has 2 N–H and O–H groups in total. The van der Waals surface area contributed by atoms with Gasteiger partial charge in [-0.05, 0) is 0 Å². The summed E-state index contributed by atoms with van der Waals surface area (Å²) in [6, 6.07) is -0.528. The molecule has 3 nitrogen and oxygen atoms in total. The van der Waals surface area contributed by atoms with E-state index in [1.807, 2.05) is 0 Å². The van der Waals surface area contributed by atoms with Crippen molar-refractivity contribution in [3.8, 4) is 0 Å². The van der Waals surface area contributed by atoms with Gasteiger partial charge in [-0.25, -0.2) is 4.79 Å². The summed E-state index contributed by atoms with van der Waals surface area (Å²) in [6.07, 6.45) is 0. The lowest BCUT2D eigenvalue weighted by Crippen LogP contribution is -2.37. The number of carbonyl (C=O) groups is 1. The van der Waals surface area contributed by atoms with Crippen LogP contribution in [0.5, 0.6) is 0 Å². The summed E-state index contributed by atoms with van der Waals surface area (Å²) in [5.74, 6) is 0. The summed E-state index contributed by atoms with van der Waals surface area (Å²) in [5, 5.41) is 4.37. The Morgan fingerprint density at radius 2 is 1.40 bits per heavy atom. The van der Waals surface area contributed by atoms with Crippen LogP contribution >= 0.6 is 49.7 Å². The van der Waals surface area contributed by atoms with Crippen molar-refractivity contribution < 1.29 is 4.79 Å². The first-order chi connectivity index (χ1) is 4.52. The molecule has 0 saturated heterocycles. The molecular weight excluding hydrogens is 208 g/mol. The molecule has 0 aliphatic heterocycles. The number of amides is 2. The maximum atomic E-state index is 10.6. The summed E-state index contributed by atoms with van der Waals surface area (Å²) in [5.41, 5.74) is 0. The second kappa shape index (κ2) is 4.89. The SMILES string of the molecule is O=C(NC(=S)S)NC(=S)S. The minimum atomic E-state index is -0.528. The Balaban J connectivity index is 3.65. The van der Waals surface area contributed by atoms with Crippen LogP contribution in [0.4, 0.5) is 4.79 Å². The summed E-state index contributed by atoms with van der Waals surface area (Å²) >= 11 is 16.2. The maximum Gasteiger partial charge on any atom is 0.325 e. The third kappa shape index (κ3) is 6.27. The molecule has 0 unspecified atom stereocenters. The maximum absolute atomic E-state index is 10.6. The number of carbonyl (C=O) groups excluding carboxylic acids is 1. The van der Waals surface area contributed by atoms with Gasteiger partial charge in [-0.15, -0.1) is 25.3 Å². The van der Waals surface area contributed by atoms with Crippen molar-refractivity contribution in [2.24, 2.45) is 0 Å². The molecule has 0 aromatic carbocycles. The Morgan fingerprint density at radius 1 is 1.10 bits per heavy atom. The van der Waals surface area contributed by atoms with E-state index in [9.17, 15) is 4.79 Å². The minimum Gasteiger partial charge on any atom is -0.293 e. The third-order valence-corrected chi connectivity index (χ3v) is 0.869. The van der Waals surface area contributed by atoms with Gasteiger partial charge in [-0.3, -0.25) is 10.6 Å². The lowest BCUT2D eigenvalue weighted by Gasteiger charge is -2.00. The molecule has 7 heteroatoms. The lowest BCUT2D eigenvalue weighted by atomic mass is 10.9. The Labute approximate surface area is 79.8 Å². The quantitative estimate of drug-likeness (QED) is 0.353. The van der Waals surface area contributed by atoms with E-state index in [1.165, 1.54) is 0 Å². The van der Waals surface area contributed by atoms with Crippen LogP contribution in [0.15, 0.2) is 0 Å². The Hall–Kier alpha value is 0.150. The molecule has 0 radical (unpaired) electrons. The Bertz CT molecular complexity index is 161. The molecule has 0 aromatic heterocycles. The van der Waals surface area contributed by atoms with Crippen molar-refractivity contribution in [2.45, 2.75) is 0 Å². The van der Waals surface area contributed by atoms with E-state index in [2.05, 4.69) is 60.3 Å². The highest BCUT2D eigenvalue weighted by Crippen LogP contribution is 1.80. The number of rotatable bonds is 0. The molecule has 2 amide bonds. The average molecular weight is 212 g/mol. The molecule has 0 fully saturated rings. The fourth-order valence-electron chi connectivity index (χ4n) is 0.225. The van der Waals surface area contributed by atoms with Gasteiger partial charge < -0.3 is 0 Å². The van der Waals surface area contributed by atoms with Crippen molar-refractivity contribution in [3.05, 3.63) is 0 Å². The second-order valence-electron chi connectivity index (χ2n) is 1.19. The first-order valence-electron chi connectivity index (χ1n) is 2.06. The molecule has 0 spiro atoms. The van der Waals surface area contributed by atoms with E-state index in [0.29, 0.717) is 0 Å². The van der Waals surface area contributed by atoms with Crippen molar-refractivity contribution in [1.82, 2.24) is 10.6 Å². The number of nitrogens with one attached hydrogen (secondary N) is 2. The van der Waals surface area contributed by atoms with Crippen LogP contribution in [0.3, 0.4) is 0 Å². The van der Waals surface area contributed by atoms with Crippen molar-refractivity contribution in [2.75, 3.05) is 0 Å². The highest BCUT2D eigenvalue weighted by atomic mass is 32.1. The minimum absolute atomic E-state index is 0.0853. The van der Waals surface area contributed by atoms with Crippen LogP contribution < -0.4 is 10.6 Å². The monoisotopic (exact) mass is 212 g/mol. The molecule has 0 bridgehead atoms. The zero-order valence-corrected chi connectivity index (χ0v) is 8.04. The molecule has 10 heavy (non-hydrogen) atoms. The number of thiocarbonyl (C=S) groups is 2. The first kappa shape index (κ1) is 10.2. The van der Waals surface area contributed by atoms with Crippen LogP contribution in [0.2, 0.25) is 0 Å². The van der Waals surface area contributed by atoms with Gasteiger partial charge in [0.2, 0.25) is 0 Å².